The molecule has 0 aliphatic carbocycles. The van der Waals surface area contributed by atoms with Gasteiger partial charge in [0.2, 0.25) is 5.75 Å². The van der Waals surface area contributed by atoms with Crippen LogP contribution in [0.2, 0.25) is 0 Å². The zero-order valence-corrected chi connectivity index (χ0v) is 17.4. The third kappa shape index (κ3) is 3.49. The van der Waals surface area contributed by atoms with Crippen molar-refractivity contribution in [2.24, 2.45) is 5.10 Å². The van der Waals surface area contributed by atoms with Gasteiger partial charge in [-0.2, -0.15) is 5.10 Å². The molecule has 30 heavy (non-hydrogen) atoms. The third-order valence-corrected chi connectivity index (χ3v) is 4.88. The molecule has 1 heterocycles. The van der Waals surface area contributed by atoms with Crippen LogP contribution in [0.1, 0.15) is 18.1 Å². The first kappa shape index (κ1) is 21.0. The SMILES string of the molecule is COc1ccc(C2(C)NC(=O)N(/N=C/c3ccc(OC)c(OC)c3OC)C2=O)cc1. The molecular weight excluding hydrogens is 390 g/mol. The van der Waals surface area contributed by atoms with Crippen molar-refractivity contribution in [2.75, 3.05) is 28.4 Å². The Bertz CT molecular complexity index is 989. The van der Waals surface area contributed by atoms with Gasteiger partial charge < -0.3 is 24.3 Å². The highest BCUT2D eigenvalue weighted by Crippen LogP contribution is 2.39. The number of carbonyl (C=O) groups is 2. The van der Waals surface area contributed by atoms with E-state index in [1.165, 1.54) is 27.5 Å². The summed E-state index contributed by atoms with van der Waals surface area (Å²) < 4.78 is 21.1. The summed E-state index contributed by atoms with van der Waals surface area (Å²) in [5.74, 6) is 1.37. The van der Waals surface area contributed by atoms with Crippen LogP contribution in [0.3, 0.4) is 0 Å². The summed E-state index contributed by atoms with van der Waals surface area (Å²) >= 11 is 0. The Hall–Kier alpha value is -3.75. The Morgan fingerprint density at radius 1 is 0.900 bits per heavy atom. The van der Waals surface area contributed by atoms with Crippen LogP contribution in [-0.2, 0) is 10.3 Å². The van der Waals surface area contributed by atoms with Gasteiger partial charge in [0, 0.05) is 5.56 Å². The molecule has 1 unspecified atom stereocenters. The number of carbonyl (C=O) groups excluding carboxylic acids is 2. The molecule has 0 radical (unpaired) electrons. The van der Waals surface area contributed by atoms with Crippen LogP contribution in [0.25, 0.3) is 0 Å². The lowest BCUT2D eigenvalue weighted by atomic mass is 9.92. The summed E-state index contributed by atoms with van der Waals surface area (Å²) in [6.45, 7) is 1.63. The Labute approximate surface area is 174 Å². The van der Waals surface area contributed by atoms with Gasteiger partial charge in [-0.3, -0.25) is 4.79 Å². The summed E-state index contributed by atoms with van der Waals surface area (Å²) in [5.41, 5.74) is -0.126. The zero-order chi connectivity index (χ0) is 21.9. The van der Waals surface area contributed by atoms with Crippen LogP contribution in [0.15, 0.2) is 41.5 Å². The highest BCUT2D eigenvalue weighted by atomic mass is 16.5. The fourth-order valence-corrected chi connectivity index (χ4v) is 3.20. The van der Waals surface area contributed by atoms with Crippen molar-refractivity contribution in [3.63, 3.8) is 0 Å². The lowest BCUT2D eigenvalue weighted by Crippen LogP contribution is -2.40. The van der Waals surface area contributed by atoms with E-state index in [1.54, 1.807) is 50.4 Å². The van der Waals surface area contributed by atoms with Crippen LogP contribution < -0.4 is 24.3 Å². The molecule has 0 aromatic heterocycles. The van der Waals surface area contributed by atoms with Gasteiger partial charge in [-0.25, -0.2) is 4.79 Å². The molecule has 1 atom stereocenters. The normalized spacial score (nSPS) is 18.5. The second-order valence-corrected chi connectivity index (χ2v) is 6.57. The fraction of sp³-hybridized carbons (Fsp3) is 0.286. The van der Waals surface area contributed by atoms with Gasteiger partial charge in [0.15, 0.2) is 11.5 Å². The number of nitrogens with one attached hydrogen (secondary N) is 1. The van der Waals surface area contributed by atoms with Gasteiger partial charge in [-0.05, 0) is 36.8 Å². The lowest BCUT2D eigenvalue weighted by Gasteiger charge is -2.21. The summed E-state index contributed by atoms with van der Waals surface area (Å²) in [6.07, 6.45) is 1.36. The summed E-state index contributed by atoms with van der Waals surface area (Å²) in [4.78, 5) is 25.5. The van der Waals surface area contributed by atoms with Gasteiger partial charge in [0.25, 0.3) is 5.91 Å². The molecule has 158 valence electrons. The Morgan fingerprint density at radius 3 is 2.13 bits per heavy atom. The standard InChI is InChI=1S/C21H23N3O6/c1-21(14-7-9-15(27-2)10-8-14)19(25)24(20(26)23-21)22-12-13-6-11-16(28-3)18(30-5)17(13)29-4/h6-12H,1-5H3,(H,23,26)/b22-12+. The second kappa shape index (κ2) is 8.32. The molecule has 1 aliphatic rings. The minimum absolute atomic E-state index is 0.366. The van der Waals surface area contributed by atoms with Gasteiger partial charge in [0.05, 0.1) is 34.7 Å². The Morgan fingerprint density at radius 2 is 1.57 bits per heavy atom. The topological polar surface area (TPSA) is 98.7 Å². The van der Waals surface area contributed by atoms with E-state index in [1.807, 2.05) is 0 Å². The minimum Gasteiger partial charge on any atom is -0.497 e. The van der Waals surface area contributed by atoms with Crippen molar-refractivity contribution in [3.8, 4) is 23.0 Å². The molecule has 0 saturated carbocycles. The van der Waals surface area contributed by atoms with Crippen LogP contribution in [0, 0.1) is 0 Å². The monoisotopic (exact) mass is 413 g/mol. The number of hydrazone groups is 1. The molecule has 2 aromatic carbocycles. The van der Waals surface area contributed by atoms with Crippen LogP contribution in [-0.4, -0.2) is 51.6 Å². The number of benzene rings is 2. The van der Waals surface area contributed by atoms with E-state index in [9.17, 15) is 9.59 Å². The highest BCUT2D eigenvalue weighted by Gasteiger charge is 2.49. The maximum absolute atomic E-state index is 13.0. The first-order valence-electron chi connectivity index (χ1n) is 9.03. The van der Waals surface area contributed by atoms with Crippen molar-refractivity contribution in [2.45, 2.75) is 12.5 Å². The first-order valence-corrected chi connectivity index (χ1v) is 9.03. The maximum Gasteiger partial charge on any atom is 0.346 e. The maximum atomic E-state index is 13.0. The Balaban J connectivity index is 1.91. The van der Waals surface area contributed by atoms with Crippen molar-refractivity contribution in [1.82, 2.24) is 10.3 Å². The van der Waals surface area contributed by atoms with E-state index in [-0.39, 0.29) is 0 Å². The van der Waals surface area contributed by atoms with E-state index in [2.05, 4.69) is 10.4 Å². The fourth-order valence-electron chi connectivity index (χ4n) is 3.20. The number of amides is 3. The molecule has 1 saturated heterocycles. The summed E-state index contributed by atoms with van der Waals surface area (Å²) in [7, 11) is 6.03. The molecule has 1 N–H and O–H groups in total. The average Bonchev–Trinajstić information content (AvgIpc) is 3.00. The molecule has 9 nitrogen and oxygen atoms in total. The van der Waals surface area contributed by atoms with Gasteiger partial charge >= 0.3 is 6.03 Å². The number of ether oxygens (including phenoxy) is 4. The second-order valence-electron chi connectivity index (χ2n) is 6.57. The van der Waals surface area contributed by atoms with Crippen molar-refractivity contribution < 1.29 is 28.5 Å². The van der Waals surface area contributed by atoms with Gasteiger partial charge in [-0.1, -0.05) is 12.1 Å². The molecule has 0 spiro atoms. The van der Waals surface area contributed by atoms with E-state index < -0.39 is 17.5 Å². The van der Waals surface area contributed by atoms with Crippen LogP contribution in [0.5, 0.6) is 23.0 Å². The highest BCUT2D eigenvalue weighted by molar-refractivity contribution is 6.07. The largest absolute Gasteiger partial charge is 0.497 e. The first-order chi connectivity index (χ1) is 14.4. The predicted octanol–water partition coefficient (Wildman–Crippen LogP) is 2.52. The third-order valence-electron chi connectivity index (χ3n) is 4.88. The van der Waals surface area contributed by atoms with Crippen molar-refractivity contribution >= 4 is 18.2 Å². The van der Waals surface area contributed by atoms with Gasteiger partial charge in [-0.15, -0.1) is 5.01 Å². The molecule has 1 aliphatic heterocycles. The number of urea groups is 1. The molecule has 9 heteroatoms. The molecule has 3 amide bonds. The lowest BCUT2D eigenvalue weighted by molar-refractivity contribution is -0.131. The molecule has 1 fully saturated rings. The van der Waals surface area contributed by atoms with E-state index >= 15 is 0 Å². The van der Waals surface area contributed by atoms with Crippen LogP contribution >= 0.6 is 0 Å². The number of hydrogen-bond acceptors (Lipinski definition) is 7. The number of imide groups is 1. The number of methoxy groups -OCH3 is 4. The van der Waals surface area contributed by atoms with E-state index in [4.69, 9.17) is 18.9 Å². The van der Waals surface area contributed by atoms with Gasteiger partial charge in [0.1, 0.15) is 11.3 Å². The van der Waals surface area contributed by atoms with Crippen LogP contribution in [0.4, 0.5) is 4.79 Å². The number of hydrogen-bond donors (Lipinski definition) is 1. The Kier molecular flexibility index (Phi) is 5.81. The van der Waals surface area contributed by atoms with Crippen molar-refractivity contribution in [3.05, 3.63) is 47.5 Å². The average molecular weight is 413 g/mol. The number of nitrogens with zero attached hydrogens (tertiary/aromatic N) is 2. The van der Waals surface area contributed by atoms with Crippen molar-refractivity contribution in [1.29, 1.82) is 0 Å². The molecule has 3 rings (SSSR count). The molecule has 2 aromatic rings. The molecule has 0 bridgehead atoms. The predicted molar refractivity (Wildman–Crippen MR) is 109 cm³/mol. The quantitative estimate of drug-likeness (QED) is 0.553. The smallest absolute Gasteiger partial charge is 0.346 e. The molecular formula is C21H23N3O6. The summed E-state index contributed by atoms with van der Waals surface area (Å²) in [5, 5.41) is 7.58. The minimum atomic E-state index is -1.25. The van der Waals surface area contributed by atoms with E-state index in [0.717, 1.165) is 5.01 Å². The number of rotatable bonds is 7. The van der Waals surface area contributed by atoms with E-state index in [0.29, 0.717) is 34.1 Å². The summed E-state index contributed by atoms with van der Waals surface area (Å²) in [6, 6.07) is 9.62. The zero-order valence-electron chi connectivity index (χ0n) is 17.4.